The van der Waals surface area contributed by atoms with E-state index >= 15 is 0 Å². The Balaban J connectivity index is 3.21. The molecule has 0 heterocycles. The quantitative estimate of drug-likeness (QED) is 0.547. The van der Waals surface area contributed by atoms with Gasteiger partial charge < -0.3 is 10.8 Å². The average Bonchev–Trinajstić information content (AvgIpc) is 2.01. The summed E-state index contributed by atoms with van der Waals surface area (Å²) in [5.41, 5.74) is 3.44. The van der Waals surface area contributed by atoms with Crippen molar-refractivity contribution in [3.05, 3.63) is 35.1 Å². The Bertz CT molecular complexity index is 335. The number of hydrogen-bond donors (Lipinski definition) is 2. The van der Waals surface area contributed by atoms with E-state index in [9.17, 15) is 17.6 Å². The van der Waals surface area contributed by atoms with Crippen molar-refractivity contribution >= 4 is 0 Å². The molecular formula is C8H7F4NO. The number of rotatable bonds is 1. The maximum absolute atomic E-state index is 12.7. The van der Waals surface area contributed by atoms with Crippen molar-refractivity contribution in [1.82, 2.24) is 0 Å². The van der Waals surface area contributed by atoms with Gasteiger partial charge >= 0.3 is 6.18 Å². The summed E-state index contributed by atoms with van der Waals surface area (Å²) in [6.07, 6.45) is -6.27. The van der Waals surface area contributed by atoms with E-state index in [0.717, 1.165) is 6.07 Å². The molecule has 0 saturated heterocycles. The number of nitrogens with two attached hydrogens (primary N) is 1. The van der Waals surface area contributed by atoms with Gasteiger partial charge in [0.05, 0.1) is 5.56 Å². The lowest BCUT2D eigenvalue weighted by atomic mass is 10.1. The van der Waals surface area contributed by atoms with Crippen molar-refractivity contribution in [1.29, 1.82) is 0 Å². The van der Waals surface area contributed by atoms with Crippen LogP contribution in [0.1, 0.15) is 17.4 Å². The summed E-state index contributed by atoms with van der Waals surface area (Å²) in [5.74, 6) is -1.08. The Morgan fingerprint density at radius 2 is 1.79 bits per heavy atom. The van der Waals surface area contributed by atoms with E-state index in [1.807, 2.05) is 0 Å². The molecule has 1 aromatic carbocycles. The van der Waals surface area contributed by atoms with Crippen LogP contribution < -0.4 is 5.73 Å². The maximum Gasteiger partial charge on any atom is 0.416 e. The van der Waals surface area contributed by atoms with E-state index < -0.39 is 23.8 Å². The number of hydrogen-bond acceptors (Lipinski definition) is 2. The molecule has 3 N–H and O–H groups in total. The minimum absolute atomic E-state index is 0.308. The van der Waals surface area contributed by atoms with Crippen molar-refractivity contribution in [2.75, 3.05) is 0 Å². The molecule has 0 radical (unpaired) electrons. The highest BCUT2D eigenvalue weighted by Crippen LogP contribution is 2.31. The van der Waals surface area contributed by atoms with Gasteiger partial charge in [0.15, 0.2) is 0 Å². The Kier molecular flexibility index (Phi) is 2.77. The van der Waals surface area contributed by atoms with Crippen LogP contribution in [0.3, 0.4) is 0 Å². The lowest BCUT2D eigenvalue weighted by Crippen LogP contribution is -2.12. The summed E-state index contributed by atoms with van der Waals surface area (Å²) in [6, 6.07) is 1.69. The monoisotopic (exact) mass is 209 g/mol. The van der Waals surface area contributed by atoms with Gasteiger partial charge in [0.25, 0.3) is 0 Å². The highest BCUT2D eigenvalue weighted by Gasteiger charge is 2.31. The molecule has 0 saturated carbocycles. The first-order valence-corrected chi connectivity index (χ1v) is 3.62. The fraction of sp³-hybridized carbons (Fsp3) is 0.250. The van der Waals surface area contributed by atoms with Gasteiger partial charge in [-0.1, -0.05) is 0 Å². The summed E-state index contributed by atoms with van der Waals surface area (Å²) in [6.45, 7) is 0. The molecule has 0 bridgehead atoms. The topological polar surface area (TPSA) is 46.2 Å². The van der Waals surface area contributed by atoms with Crippen molar-refractivity contribution in [2.45, 2.75) is 12.4 Å². The molecule has 0 spiro atoms. The van der Waals surface area contributed by atoms with Crippen LogP contribution in [0.2, 0.25) is 0 Å². The van der Waals surface area contributed by atoms with E-state index in [2.05, 4.69) is 0 Å². The zero-order chi connectivity index (χ0) is 10.9. The second-order valence-electron chi connectivity index (χ2n) is 2.72. The number of aliphatic hydroxyl groups is 1. The van der Waals surface area contributed by atoms with Crippen LogP contribution in [-0.2, 0) is 6.18 Å². The Hall–Kier alpha value is -1.14. The van der Waals surface area contributed by atoms with Gasteiger partial charge in [-0.3, -0.25) is 0 Å². The molecular weight excluding hydrogens is 202 g/mol. The van der Waals surface area contributed by atoms with E-state index in [0.29, 0.717) is 12.1 Å². The summed E-state index contributed by atoms with van der Waals surface area (Å²) >= 11 is 0. The standard InChI is InChI=1S/C8H7F4NO/c9-6-2-4(7(13)14)1-5(3-6)8(10,11)12/h1-3,7,14H,13H2. The first-order chi connectivity index (χ1) is 6.30. The first-order valence-electron chi connectivity index (χ1n) is 3.62. The predicted octanol–water partition coefficient (Wildman–Crippen LogP) is 1.79. The molecule has 0 fully saturated rings. The first kappa shape index (κ1) is 10.9. The molecule has 0 amide bonds. The van der Waals surface area contributed by atoms with Gasteiger partial charge in [-0.15, -0.1) is 0 Å². The Labute approximate surface area is 77.0 Å². The second kappa shape index (κ2) is 3.55. The highest BCUT2D eigenvalue weighted by atomic mass is 19.4. The fourth-order valence-corrected chi connectivity index (χ4v) is 0.947. The lowest BCUT2D eigenvalue weighted by Gasteiger charge is -2.10. The second-order valence-corrected chi connectivity index (χ2v) is 2.72. The van der Waals surface area contributed by atoms with Crippen molar-refractivity contribution in [2.24, 2.45) is 5.73 Å². The summed E-state index contributed by atoms with van der Waals surface area (Å²) in [4.78, 5) is 0. The molecule has 1 rings (SSSR count). The summed E-state index contributed by atoms with van der Waals surface area (Å²) in [7, 11) is 0. The van der Waals surface area contributed by atoms with Gasteiger partial charge in [-0.25, -0.2) is 4.39 Å². The summed E-state index contributed by atoms with van der Waals surface area (Å²) in [5, 5.41) is 8.78. The van der Waals surface area contributed by atoms with Gasteiger partial charge in [0.2, 0.25) is 0 Å². The Morgan fingerprint density at radius 3 is 2.21 bits per heavy atom. The molecule has 0 aliphatic carbocycles. The van der Waals surface area contributed by atoms with Crippen LogP contribution in [0.5, 0.6) is 0 Å². The smallest absolute Gasteiger partial charge is 0.375 e. The number of alkyl halides is 3. The minimum Gasteiger partial charge on any atom is -0.375 e. The molecule has 0 aliphatic heterocycles. The molecule has 1 atom stereocenters. The van der Waals surface area contributed by atoms with Gasteiger partial charge in [0.1, 0.15) is 12.0 Å². The van der Waals surface area contributed by atoms with E-state index in [-0.39, 0.29) is 5.56 Å². The fourth-order valence-electron chi connectivity index (χ4n) is 0.947. The van der Waals surface area contributed by atoms with Crippen LogP contribution in [-0.4, -0.2) is 5.11 Å². The third kappa shape index (κ3) is 2.43. The molecule has 1 aromatic rings. The van der Waals surface area contributed by atoms with E-state index in [4.69, 9.17) is 10.8 Å². The zero-order valence-corrected chi connectivity index (χ0v) is 6.85. The molecule has 0 aromatic heterocycles. The van der Waals surface area contributed by atoms with Crippen molar-refractivity contribution in [3.63, 3.8) is 0 Å². The summed E-state index contributed by atoms with van der Waals surface area (Å²) < 4.78 is 49.0. The van der Waals surface area contributed by atoms with E-state index in [1.54, 1.807) is 0 Å². The van der Waals surface area contributed by atoms with Crippen LogP contribution in [0.4, 0.5) is 17.6 Å². The molecule has 6 heteroatoms. The molecule has 2 nitrogen and oxygen atoms in total. The maximum atomic E-state index is 12.7. The molecule has 78 valence electrons. The predicted molar refractivity (Wildman–Crippen MR) is 40.5 cm³/mol. The van der Waals surface area contributed by atoms with Crippen LogP contribution in [0, 0.1) is 5.82 Å². The number of aliphatic hydroxyl groups excluding tert-OH is 1. The third-order valence-electron chi connectivity index (χ3n) is 1.59. The highest BCUT2D eigenvalue weighted by molar-refractivity contribution is 5.27. The third-order valence-corrected chi connectivity index (χ3v) is 1.59. The molecule has 0 aliphatic rings. The van der Waals surface area contributed by atoms with Crippen LogP contribution in [0.15, 0.2) is 18.2 Å². The SMILES string of the molecule is NC(O)c1cc(F)cc(C(F)(F)F)c1. The van der Waals surface area contributed by atoms with Gasteiger partial charge in [-0.05, 0) is 23.8 Å². The van der Waals surface area contributed by atoms with Crippen LogP contribution >= 0.6 is 0 Å². The largest absolute Gasteiger partial charge is 0.416 e. The molecule has 1 unspecified atom stereocenters. The average molecular weight is 209 g/mol. The number of halogens is 4. The lowest BCUT2D eigenvalue weighted by molar-refractivity contribution is -0.137. The van der Waals surface area contributed by atoms with Crippen molar-refractivity contribution < 1.29 is 22.7 Å². The minimum atomic E-state index is -4.65. The normalized spacial score (nSPS) is 14.1. The van der Waals surface area contributed by atoms with Gasteiger partial charge in [0, 0.05) is 0 Å². The zero-order valence-electron chi connectivity index (χ0n) is 6.85. The number of benzene rings is 1. The van der Waals surface area contributed by atoms with Gasteiger partial charge in [-0.2, -0.15) is 13.2 Å². The molecule has 14 heavy (non-hydrogen) atoms. The van der Waals surface area contributed by atoms with Crippen molar-refractivity contribution in [3.8, 4) is 0 Å². The Morgan fingerprint density at radius 1 is 1.21 bits per heavy atom. The van der Waals surface area contributed by atoms with Crippen LogP contribution in [0.25, 0.3) is 0 Å². The van der Waals surface area contributed by atoms with E-state index in [1.165, 1.54) is 0 Å².